The highest BCUT2D eigenvalue weighted by Crippen LogP contribution is 2.16. The Morgan fingerprint density at radius 1 is 0.400 bits per heavy atom. The average Bonchev–Trinajstić information content (AvgIpc) is 3.03. The maximum atomic E-state index is 12.2. The van der Waals surface area contributed by atoms with E-state index in [0.717, 1.165) is 25.7 Å². The minimum absolute atomic E-state index is 0.0141. The summed E-state index contributed by atoms with van der Waals surface area (Å²) < 4.78 is 10.7. The van der Waals surface area contributed by atoms with E-state index in [9.17, 15) is 9.59 Å². The van der Waals surface area contributed by atoms with Crippen molar-refractivity contribution in [1.82, 2.24) is 0 Å². The van der Waals surface area contributed by atoms with Crippen LogP contribution in [0.3, 0.4) is 0 Å². The van der Waals surface area contributed by atoms with E-state index in [2.05, 4.69) is 26.5 Å². The molecule has 0 fully saturated rings. The zero-order chi connectivity index (χ0) is 32.9. The fourth-order valence-corrected chi connectivity index (χ4v) is 6.28. The largest absolute Gasteiger partial charge is 0.466 e. The summed E-state index contributed by atoms with van der Waals surface area (Å²) in [6, 6.07) is 0. The summed E-state index contributed by atoms with van der Waals surface area (Å²) in [6.07, 6.45) is 42.3. The van der Waals surface area contributed by atoms with Crippen LogP contribution in [0.25, 0.3) is 0 Å². The normalized spacial score (nSPS) is 12.0. The zero-order valence-electron chi connectivity index (χ0n) is 30.4. The van der Waals surface area contributed by atoms with Gasteiger partial charge >= 0.3 is 11.9 Å². The van der Waals surface area contributed by atoms with Crippen LogP contribution in [0.5, 0.6) is 0 Å². The van der Waals surface area contributed by atoms with Crippen LogP contribution in [-0.4, -0.2) is 30.4 Å². The van der Waals surface area contributed by atoms with Crippen LogP contribution >= 0.6 is 12.6 Å². The number of rotatable bonds is 37. The van der Waals surface area contributed by atoms with Crippen molar-refractivity contribution in [2.45, 2.75) is 231 Å². The summed E-state index contributed by atoms with van der Waals surface area (Å²) in [7, 11) is 0. The van der Waals surface area contributed by atoms with E-state index in [-0.39, 0.29) is 12.4 Å². The fraction of sp³-hybridized carbons (Fsp3) is 0.950. The van der Waals surface area contributed by atoms with Gasteiger partial charge in [0.15, 0.2) is 0 Å². The van der Waals surface area contributed by atoms with Crippen molar-refractivity contribution in [3.05, 3.63) is 0 Å². The van der Waals surface area contributed by atoms with Crippen molar-refractivity contribution in [2.24, 2.45) is 0 Å². The molecule has 0 aliphatic heterocycles. The van der Waals surface area contributed by atoms with E-state index in [1.165, 1.54) is 180 Å². The number of hydrogen-bond acceptors (Lipinski definition) is 5. The molecule has 0 rings (SSSR count). The molecule has 0 N–H and O–H groups in total. The SMILES string of the molecule is CCCCCCCCCCCCCCCCCCOC(=O)CC(S)C(=O)OCCCCCCCCCCCCCCCCCC. The lowest BCUT2D eigenvalue weighted by atomic mass is 10.0. The van der Waals surface area contributed by atoms with Crippen LogP contribution in [0.2, 0.25) is 0 Å². The molecule has 0 spiro atoms. The summed E-state index contributed by atoms with van der Waals surface area (Å²) in [4.78, 5) is 24.2. The lowest BCUT2D eigenvalue weighted by Crippen LogP contribution is -2.23. The molecule has 0 bridgehead atoms. The van der Waals surface area contributed by atoms with Gasteiger partial charge in [-0.25, -0.2) is 0 Å². The molecule has 0 heterocycles. The average molecular weight is 655 g/mol. The lowest BCUT2D eigenvalue weighted by molar-refractivity contribution is -0.149. The first-order valence-corrected chi connectivity index (χ1v) is 20.6. The Hall–Kier alpha value is -0.710. The molecule has 5 heteroatoms. The van der Waals surface area contributed by atoms with Gasteiger partial charge in [0.05, 0.1) is 19.6 Å². The summed E-state index contributed by atoms with van der Waals surface area (Å²) in [5.41, 5.74) is 0. The summed E-state index contributed by atoms with van der Waals surface area (Å²) in [6.45, 7) is 5.41. The number of hydrogen-bond donors (Lipinski definition) is 1. The Kier molecular flexibility index (Phi) is 37.1. The van der Waals surface area contributed by atoms with E-state index >= 15 is 0 Å². The molecule has 0 aromatic heterocycles. The van der Waals surface area contributed by atoms with E-state index < -0.39 is 11.2 Å². The zero-order valence-corrected chi connectivity index (χ0v) is 31.3. The van der Waals surface area contributed by atoms with Crippen molar-refractivity contribution in [3.8, 4) is 0 Å². The standard InChI is InChI=1S/C40H78O4S/c1-3-5-7-9-11-13-15-17-19-21-23-25-27-29-31-33-35-43-39(41)37-38(45)40(42)44-36-34-32-30-28-26-24-22-20-18-16-14-12-10-8-6-4-2/h38,45H,3-37H2,1-2H3. The molecule has 0 aromatic rings. The highest BCUT2D eigenvalue weighted by atomic mass is 32.1. The topological polar surface area (TPSA) is 52.6 Å². The van der Waals surface area contributed by atoms with E-state index in [4.69, 9.17) is 9.47 Å². The lowest BCUT2D eigenvalue weighted by Gasteiger charge is -2.11. The van der Waals surface area contributed by atoms with Crippen LogP contribution in [0.4, 0.5) is 0 Å². The van der Waals surface area contributed by atoms with E-state index in [1.54, 1.807) is 0 Å². The molecule has 0 amide bonds. The van der Waals surface area contributed by atoms with Crippen LogP contribution in [0.1, 0.15) is 226 Å². The molecule has 268 valence electrons. The van der Waals surface area contributed by atoms with Crippen LogP contribution in [0.15, 0.2) is 0 Å². The maximum Gasteiger partial charge on any atom is 0.319 e. The monoisotopic (exact) mass is 655 g/mol. The van der Waals surface area contributed by atoms with Crippen molar-refractivity contribution in [2.75, 3.05) is 13.2 Å². The Morgan fingerprint density at radius 3 is 0.933 bits per heavy atom. The number of esters is 2. The van der Waals surface area contributed by atoms with Gasteiger partial charge in [-0.05, 0) is 12.8 Å². The Bertz CT molecular complexity index is 611. The van der Waals surface area contributed by atoms with Gasteiger partial charge in [0.2, 0.25) is 0 Å². The number of thiol groups is 1. The smallest absolute Gasteiger partial charge is 0.319 e. The first-order chi connectivity index (χ1) is 22.1. The summed E-state index contributed by atoms with van der Waals surface area (Å²) in [5.74, 6) is -0.756. The van der Waals surface area contributed by atoms with E-state index in [1.807, 2.05) is 0 Å². The third kappa shape index (κ3) is 36.0. The highest BCUT2D eigenvalue weighted by Gasteiger charge is 2.20. The van der Waals surface area contributed by atoms with Crippen LogP contribution in [-0.2, 0) is 19.1 Å². The molecule has 4 nitrogen and oxygen atoms in total. The highest BCUT2D eigenvalue weighted by molar-refractivity contribution is 7.81. The molecular formula is C40H78O4S. The fourth-order valence-electron chi connectivity index (χ4n) is 6.06. The second-order valence-corrected chi connectivity index (χ2v) is 14.3. The van der Waals surface area contributed by atoms with E-state index in [0.29, 0.717) is 13.2 Å². The number of ether oxygens (including phenoxy) is 2. The predicted molar refractivity (Wildman–Crippen MR) is 198 cm³/mol. The molecule has 45 heavy (non-hydrogen) atoms. The molecule has 0 aliphatic carbocycles. The molecule has 1 atom stereocenters. The quantitative estimate of drug-likeness (QED) is 0.0411. The van der Waals surface area contributed by atoms with Crippen molar-refractivity contribution in [1.29, 1.82) is 0 Å². The van der Waals surface area contributed by atoms with Gasteiger partial charge < -0.3 is 9.47 Å². The Morgan fingerprint density at radius 2 is 0.644 bits per heavy atom. The molecule has 0 saturated carbocycles. The van der Waals surface area contributed by atoms with Gasteiger partial charge in [-0.15, -0.1) is 0 Å². The van der Waals surface area contributed by atoms with Gasteiger partial charge in [0, 0.05) is 0 Å². The van der Waals surface area contributed by atoms with Crippen LogP contribution < -0.4 is 0 Å². The molecule has 0 aliphatic rings. The Balaban J connectivity index is 3.38. The second kappa shape index (κ2) is 37.7. The van der Waals surface area contributed by atoms with Gasteiger partial charge in [-0.3, -0.25) is 9.59 Å². The number of carbonyl (C=O) groups excluding carboxylic acids is 2. The molecule has 1 unspecified atom stereocenters. The summed E-state index contributed by atoms with van der Waals surface area (Å²) >= 11 is 4.28. The van der Waals surface area contributed by atoms with Crippen molar-refractivity contribution < 1.29 is 19.1 Å². The van der Waals surface area contributed by atoms with Crippen molar-refractivity contribution in [3.63, 3.8) is 0 Å². The van der Waals surface area contributed by atoms with Gasteiger partial charge in [-0.1, -0.05) is 206 Å². The first kappa shape index (κ1) is 44.3. The van der Waals surface area contributed by atoms with Gasteiger partial charge in [0.1, 0.15) is 5.25 Å². The molecule has 0 saturated heterocycles. The minimum Gasteiger partial charge on any atom is -0.466 e. The first-order valence-electron chi connectivity index (χ1n) is 20.1. The molecule has 0 radical (unpaired) electrons. The predicted octanol–water partition coefficient (Wildman–Crippen LogP) is 13.3. The maximum absolute atomic E-state index is 12.2. The number of carbonyl (C=O) groups is 2. The van der Waals surface area contributed by atoms with Crippen LogP contribution in [0, 0.1) is 0 Å². The minimum atomic E-state index is -0.732. The third-order valence-corrected chi connectivity index (χ3v) is 9.53. The van der Waals surface area contributed by atoms with Gasteiger partial charge in [0.25, 0.3) is 0 Å². The molecular weight excluding hydrogens is 577 g/mol. The summed E-state index contributed by atoms with van der Waals surface area (Å²) in [5, 5.41) is -0.732. The second-order valence-electron chi connectivity index (χ2n) is 13.7. The third-order valence-electron chi connectivity index (χ3n) is 9.14. The van der Waals surface area contributed by atoms with Crippen molar-refractivity contribution >= 4 is 24.6 Å². The van der Waals surface area contributed by atoms with Gasteiger partial charge in [-0.2, -0.15) is 12.6 Å². The Labute approximate surface area is 287 Å². The number of unbranched alkanes of at least 4 members (excludes halogenated alkanes) is 30. The molecule has 0 aromatic carbocycles.